The minimum absolute atomic E-state index is 0.343. The lowest BCUT2D eigenvalue weighted by atomic mass is 9.84. The first-order valence-electron chi connectivity index (χ1n) is 10.9. The van der Waals surface area contributed by atoms with Gasteiger partial charge in [-0.3, -0.25) is 4.90 Å². The average Bonchev–Trinajstić information content (AvgIpc) is 3.17. The van der Waals surface area contributed by atoms with Gasteiger partial charge in [-0.1, -0.05) is 54.5 Å². The van der Waals surface area contributed by atoms with Crippen LogP contribution in [0.2, 0.25) is 5.02 Å². The van der Waals surface area contributed by atoms with Crippen molar-refractivity contribution in [3.05, 3.63) is 64.2 Å². The summed E-state index contributed by atoms with van der Waals surface area (Å²) in [5.41, 5.74) is 3.86. The smallest absolute Gasteiger partial charge is 0.410 e. The minimum atomic E-state index is -0.565. The van der Waals surface area contributed by atoms with Crippen molar-refractivity contribution in [3.63, 3.8) is 0 Å². The Morgan fingerprint density at radius 2 is 1.84 bits per heavy atom. The van der Waals surface area contributed by atoms with E-state index in [-0.39, 0.29) is 6.09 Å². The molecule has 2 atom stereocenters. The topological polar surface area (TPSA) is 41.6 Å². The number of amides is 1. The molecule has 0 bridgehead atoms. The van der Waals surface area contributed by atoms with Crippen molar-refractivity contribution in [2.75, 3.05) is 5.32 Å². The van der Waals surface area contributed by atoms with Crippen molar-refractivity contribution in [1.82, 2.24) is 4.90 Å². The molecule has 0 radical (unpaired) electrons. The van der Waals surface area contributed by atoms with Crippen molar-refractivity contribution in [2.45, 2.75) is 64.6 Å². The highest BCUT2D eigenvalue weighted by molar-refractivity contribution is 7.80. The quantitative estimate of drug-likeness (QED) is 0.507. The van der Waals surface area contributed by atoms with Gasteiger partial charge < -0.3 is 10.1 Å². The molecule has 2 aromatic rings. The summed E-state index contributed by atoms with van der Waals surface area (Å²) in [5, 5.41) is 4.10. The second-order valence-electron chi connectivity index (χ2n) is 9.52. The molecule has 0 aromatic heterocycles. The molecule has 1 aliphatic heterocycles. The molecule has 2 aliphatic rings. The number of nitrogens with zero attached hydrogens (tertiary/aromatic N) is 1. The molecule has 164 valence electrons. The molecule has 4 rings (SSSR count). The fourth-order valence-electron chi connectivity index (χ4n) is 4.59. The fourth-order valence-corrected chi connectivity index (χ4v) is 5.20. The van der Waals surface area contributed by atoms with Crippen LogP contribution >= 0.6 is 23.8 Å². The second kappa shape index (κ2) is 8.79. The van der Waals surface area contributed by atoms with Gasteiger partial charge in [-0.05, 0) is 74.4 Å². The molecule has 31 heavy (non-hydrogen) atoms. The molecule has 0 spiro atoms. The highest BCUT2D eigenvalue weighted by atomic mass is 35.5. The molecule has 6 heteroatoms. The van der Waals surface area contributed by atoms with E-state index in [1.807, 2.05) is 45.0 Å². The van der Waals surface area contributed by atoms with Crippen LogP contribution in [0.1, 0.15) is 62.6 Å². The third-order valence-corrected chi connectivity index (χ3v) is 6.56. The van der Waals surface area contributed by atoms with E-state index in [9.17, 15) is 4.79 Å². The normalized spacial score (nSPS) is 19.9. The molecule has 1 aliphatic carbocycles. The van der Waals surface area contributed by atoms with Crippen LogP contribution < -0.4 is 5.32 Å². The Morgan fingerprint density at radius 3 is 2.55 bits per heavy atom. The number of hydrogen-bond donors (Lipinski definition) is 1. The Balaban J connectivity index is 1.58. The van der Waals surface area contributed by atoms with E-state index < -0.39 is 5.60 Å². The molecular weight excluding hydrogens is 428 g/mol. The molecule has 4 nitrogen and oxygen atoms in total. The predicted molar refractivity (Wildman–Crippen MR) is 130 cm³/mol. The summed E-state index contributed by atoms with van der Waals surface area (Å²) in [6.45, 7) is 6.50. The van der Waals surface area contributed by atoms with Crippen molar-refractivity contribution in [1.29, 1.82) is 0 Å². The van der Waals surface area contributed by atoms with Crippen LogP contribution in [-0.2, 0) is 17.8 Å². The molecule has 2 aromatic carbocycles. The first kappa shape index (κ1) is 22.1. The van der Waals surface area contributed by atoms with Gasteiger partial charge in [0.25, 0.3) is 0 Å². The molecule has 1 saturated carbocycles. The number of carbonyl (C=O) groups is 1. The summed E-state index contributed by atoms with van der Waals surface area (Å²) in [6, 6.07) is 14.0. The highest BCUT2D eigenvalue weighted by Gasteiger charge is 2.36. The number of thiocarbonyl (C=S) groups is 1. The minimum Gasteiger partial charge on any atom is -0.444 e. The third-order valence-electron chi connectivity index (χ3n) is 5.92. The summed E-state index contributed by atoms with van der Waals surface area (Å²) >= 11 is 11.8. The lowest BCUT2D eigenvalue weighted by Crippen LogP contribution is -2.36. The number of rotatable bonds is 4. The van der Waals surface area contributed by atoms with Gasteiger partial charge in [0.15, 0.2) is 0 Å². The number of ether oxygens (including phenoxy) is 1. The first-order valence-corrected chi connectivity index (χ1v) is 11.6. The van der Waals surface area contributed by atoms with Crippen LogP contribution in [0.3, 0.4) is 0 Å². The van der Waals surface area contributed by atoms with Gasteiger partial charge in [-0.25, -0.2) is 4.79 Å². The van der Waals surface area contributed by atoms with Crippen molar-refractivity contribution in [3.8, 4) is 0 Å². The number of halogens is 1. The van der Waals surface area contributed by atoms with Crippen LogP contribution in [0.25, 0.3) is 0 Å². The summed E-state index contributed by atoms with van der Waals surface area (Å²) in [7, 11) is 0. The fraction of sp³-hybridized carbons (Fsp3) is 0.440. The number of anilines is 1. The number of benzene rings is 2. The van der Waals surface area contributed by atoms with Gasteiger partial charge in [0.1, 0.15) is 5.60 Å². The molecule has 1 amide bonds. The van der Waals surface area contributed by atoms with E-state index in [1.165, 1.54) is 24.8 Å². The van der Waals surface area contributed by atoms with Gasteiger partial charge in [0, 0.05) is 29.7 Å². The molecular formula is C25H29ClN2O2S. The summed E-state index contributed by atoms with van der Waals surface area (Å²) in [5.74, 6) is 0.987. The number of fused-ring (bicyclic) bond motifs is 3. The molecule has 2 unspecified atom stereocenters. The van der Waals surface area contributed by atoms with Gasteiger partial charge in [-0.2, -0.15) is 0 Å². The van der Waals surface area contributed by atoms with Crippen LogP contribution in [0.4, 0.5) is 10.5 Å². The van der Waals surface area contributed by atoms with Crippen molar-refractivity contribution in [2.24, 2.45) is 5.92 Å². The zero-order valence-corrected chi connectivity index (χ0v) is 19.9. The van der Waals surface area contributed by atoms with E-state index in [0.717, 1.165) is 21.8 Å². The predicted octanol–water partition coefficient (Wildman–Crippen LogP) is 6.91. The van der Waals surface area contributed by atoms with Crippen LogP contribution in [0, 0.1) is 5.92 Å². The van der Waals surface area contributed by atoms with Gasteiger partial charge in [-0.15, -0.1) is 0 Å². The van der Waals surface area contributed by atoms with E-state index in [4.69, 9.17) is 28.6 Å². The average molecular weight is 457 g/mol. The van der Waals surface area contributed by atoms with E-state index in [2.05, 4.69) is 23.5 Å². The van der Waals surface area contributed by atoms with E-state index in [1.54, 1.807) is 4.90 Å². The van der Waals surface area contributed by atoms with Crippen LogP contribution in [0.15, 0.2) is 42.5 Å². The largest absolute Gasteiger partial charge is 0.444 e. The Morgan fingerprint density at radius 1 is 1.13 bits per heavy atom. The maximum atomic E-state index is 13.0. The van der Waals surface area contributed by atoms with Gasteiger partial charge in [0.2, 0.25) is 0 Å². The maximum Gasteiger partial charge on any atom is 0.410 e. The molecule has 1 N–H and O–H groups in total. The first-order chi connectivity index (χ1) is 14.7. The monoisotopic (exact) mass is 456 g/mol. The Hall–Kier alpha value is -2.11. The number of carbonyl (C=O) groups excluding carboxylic acids is 1. The van der Waals surface area contributed by atoms with Crippen LogP contribution in [-0.4, -0.2) is 21.6 Å². The highest BCUT2D eigenvalue weighted by Crippen LogP contribution is 2.46. The third kappa shape index (κ3) is 5.21. The summed E-state index contributed by atoms with van der Waals surface area (Å²) < 4.78 is 5.68. The standard InChI is InChI=1S/C25H29ClN2O2S/c1-25(2,3)30-24(29)28(14-16-6-4-7-18(26)12-16)15-17-10-11-20-19-8-5-9-21(19)23(31)27-22(20)13-17/h4,6-7,10-13,19,21H,5,8-9,14-15H2,1-3H3,(H,27,31). The molecule has 0 saturated heterocycles. The second-order valence-corrected chi connectivity index (χ2v) is 10.4. The molecule has 1 heterocycles. The van der Waals surface area contributed by atoms with Gasteiger partial charge in [0.05, 0.1) is 4.99 Å². The summed E-state index contributed by atoms with van der Waals surface area (Å²) in [4.78, 5) is 15.7. The lowest BCUT2D eigenvalue weighted by Gasteiger charge is -2.31. The Labute approximate surface area is 194 Å². The van der Waals surface area contributed by atoms with E-state index in [0.29, 0.717) is 29.9 Å². The SMILES string of the molecule is CC(C)(C)OC(=O)N(Cc1cccc(Cl)c1)Cc1ccc2c(c1)NC(=S)C1CCCC21. The van der Waals surface area contributed by atoms with Crippen molar-refractivity contribution >= 4 is 40.6 Å². The Kier molecular flexibility index (Phi) is 6.27. The number of nitrogens with one attached hydrogen (secondary N) is 1. The van der Waals surface area contributed by atoms with Gasteiger partial charge >= 0.3 is 6.09 Å². The Bertz CT molecular complexity index is 1000. The van der Waals surface area contributed by atoms with E-state index >= 15 is 0 Å². The zero-order chi connectivity index (χ0) is 22.2. The maximum absolute atomic E-state index is 13.0. The van der Waals surface area contributed by atoms with Crippen LogP contribution in [0.5, 0.6) is 0 Å². The van der Waals surface area contributed by atoms with Crippen molar-refractivity contribution < 1.29 is 9.53 Å². The number of hydrogen-bond acceptors (Lipinski definition) is 3. The zero-order valence-electron chi connectivity index (χ0n) is 18.3. The molecule has 1 fully saturated rings. The summed E-state index contributed by atoms with van der Waals surface area (Å²) in [6.07, 6.45) is 3.25. The lowest BCUT2D eigenvalue weighted by molar-refractivity contribution is 0.0216.